The van der Waals surface area contributed by atoms with Crippen molar-refractivity contribution in [1.82, 2.24) is 29.9 Å². The van der Waals surface area contributed by atoms with E-state index in [1.807, 2.05) is 17.2 Å². The molecule has 0 fully saturated rings. The quantitative estimate of drug-likeness (QED) is 0.818. The van der Waals surface area contributed by atoms with Gasteiger partial charge >= 0.3 is 0 Å². The number of nitrogens with zero attached hydrogens (tertiary/aromatic N) is 5. The molecule has 90 valence electrons. The van der Waals surface area contributed by atoms with Crippen LogP contribution in [0.2, 0.25) is 0 Å². The van der Waals surface area contributed by atoms with Gasteiger partial charge in [0.15, 0.2) is 0 Å². The Morgan fingerprint density at radius 3 is 3.24 bits per heavy atom. The lowest BCUT2D eigenvalue weighted by atomic mass is 10.2. The van der Waals surface area contributed by atoms with Crippen molar-refractivity contribution in [2.45, 2.75) is 32.5 Å². The van der Waals surface area contributed by atoms with Gasteiger partial charge in [-0.05, 0) is 6.42 Å². The molecule has 17 heavy (non-hydrogen) atoms. The van der Waals surface area contributed by atoms with Crippen LogP contribution in [0.1, 0.15) is 17.8 Å². The highest BCUT2D eigenvalue weighted by Gasteiger charge is 2.14. The number of imidazole rings is 1. The fourth-order valence-corrected chi connectivity index (χ4v) is 2.25. The van der Waals surface area contributed by atoms with E-state index in [4.69, 9.17) is 0 Å². The molecule has 6 heteroatoms. The molecule has 0 amide bonds. The van der Waals surface area contributed by atoms with Crippen molar-refractivity contribution in [2.24, 2.45) is 0 Å². The van der Waals surface area contributed by atoms with Gasteiger partial charge in [0.1, 0.15) is 0 Å². The minimum Gasteiger partial charge on any atom is -0.334 e. The lowest BCUT2D eigenvalue weighted by Crippen LogP contribution is -2.25. The summed E-state index contributed by atoms with van der Waals surface area (Å²) in [5, 5.41) is 11.1. The molecule has 1 aliphatic rings. The number of aromatic nitrogens is 5. The first-order valence-electron chi connectivity index (χ1n) is 6.01. The Kier molecular flexibility index (Phi) is 2.87. The van der Waals surface area contributed by atoms with Crippen LogP contribution in [0.4, 0.5) is 0 Å². The van der Waals surface area contributed by atoms with E-state index in [1.54, 1.807) is 6.20 Å². The zero-order valence-electron chi connectivity index (χ0n) is 9.71. The molecule has 0 aromatic carbocycles. The minimum atomic E-state index is 0.908. The number of hydrogen-bond donors (Lipinski definition) is 1. The molecule has 0 aliphatic carbocycles. The van der Waals surface area contributed by atoms with Crippen LogP contribution < -0.4 is 5.32 Å². The maximum absolute atomic E-state index is 4.44. The third kappa shape index (κ3) is 2.21. The summed E-state index contributed by atoms with van der Waals surface area (Å²) >= 11 is 0. The van der Waals surface area contributed by atoms with Gasteiger partial charge in [0.05, 0.1) is 18.2 Å². The van der Waals surface area contributed by atoms with Crippen molar-refractivity contribution < 1.29 is 0 Å². The highest BCUT2D eigenvalue weighted by atomic mass is 15.4. The molecular formula is C11H16N6. The predicted octanol–water partition coefficient (Wildman–Crippen LogP) is 0.211. The van der Waals surface area contributed by atoms with Gasteiger partial charge in [0.2, 0.25) is 0 Å². The van der Waals surface area contributed by atoms with Gasteiger partial charge < -0.3 is 9.88 Å². The Morgan fingerprint density at radius 1 is 1.35 bits per heavy atom. The SMILES string of the molecule is c1cn(CCCn2cnc3c2CCNC3)nn1. The third-order valence-electron chi connectivity index (χ3n) is 3.12. The number of aryl methyl sites for hydroxylation is 2. The van der Waals surface area contributed by atoms with Crippen molar-refractivity contribution in [3.8, 4) is 0 Å². The Labute approximate surface area is 99.7 Å². The van der Waals surface area contributed by atoms with Crippen LogP contribution in [-0.2, 0) is 26.1 Å². The van der Waals surface area contributed by atoms with E-state index in [-0.39, 0.29) is 0 Å². The summed E-state index contributed by atoms with van der Waals surface area (Å²) in [6.45, 7) is 3.88. The Balaban J connectivity index is 1.60. The van der Waals surface area contributed by atoms with E-state index in [0.717, 1.165) is 39.0 Å². The smallest absolute Gasteiger partial charge is 0.0952 e. The average molecular weight is 232 g/mol. The molecule has 0 unspecified atom stereocenters. The molecule has 1 aliphatic heterocycles. The molecule has 0 bridgehead atoms. The van der Waals surface area contributed by atoms with E-state index in [2.05, 4.69) is 25.2 Å². The molecule has 2 aromatic heterocycles. The Bertz CT molecular complexity index is 472. The van der Waals surface area contributed by atoms with Gasteiger partial charge in [-0.1, -0.05) is 5.21 Å². The van der Waals surface area contributed by atoms with Crippen molar-refractivity contribution in [3.05, 3.63) is 30.1 Å². The van der Waals surface area contributed by atoms with Crippen molar-refractivity contribution in [2.75, 3.05) is 6.54 Å². The highest BCUT2D eigenvalue weighted by molar-refractivity contribution is 5.16. The first-order valence-corrected chi connectivity index (χ1v) is 6.01. The number of rotatable bonds is 4. The Morgan fingerprint density at radius 2 is 2.35 bits per heavy atom. The zero-order valence-corrected chi connectivity index (χ0v) is 9.71. The predicted molar refractivity (Wildman–Crippen MR) is 62.3 cm³/mol. The molecule has 3 heterocycles. The minimum absolute atomic E-state index is 0.908. The third-order valence-corrected chi connectivity index (χ3v) is 3.12. The van der Waals surface area contributed by atoms with Crippen molar-refractivity contribution >= 4 is 0 Å². The molecule has 3 rings (SSSR count). The fourth-order valence-electron chi connectivity index (χ4n) is 2.25. The molecule has 0 saturated heterocycles. The van der Waals surface area contributed by atoms with Crippen molar-refractivity contribution in [1.29, 1.82) is 0 Å². The molecule has 0 atom stereocenters. The van der Waals surface area contributed by atoms with Gasteiger partial charge in [0.25, 0.3) is 0 Å². The second kappa shape index (κ2) is 4.67. The molecule has 6 nitrogen and oxygen atoms in total. The lowest BCUT2D eigenvalue weighted by molar-refractivity contribution is 0.501. The molecule has 0 spiro atoms. The summed E-state index contributed by atoms with van der Waals surface area (Å²) in [7, 11) is 0. The molecule has 0 radical (unpaired) electrons. The van der Waals surface area contributed by atoms with E-state index >= 15 is 0 Å². The lowest BCUT2D eigenvalue weighted by Gasteiger charge is -2.15. The summed E-state index contributed by atoms with van der Waals surface area (Å²) in [6, 6.07) is 0. The van der Waals surface area contributed by atoms with Crippen LogP contribution in [-0.4, -0.2) is 31.1 Å². The monoisotopic (exact) mass is 232 g/mol. The summed E-state index contributed by atoms with van der Waals surface area (Å²) in [5.74, 6) is 0. The van der Waals surface area contributed by atoms with Crippen LogP contribution in [0.25, 0.3) is 0 Å². The van der Waals surface area contributed by atoms with Crippen LogP contribution in [0.3, 0.4) is 0 Å². The second-order valence-corrected chi connectivity index (χ2v) is 4.28. The van der Waals surface area contributed by atoms with E-state index < -0.39 is 0 Å². The van der Waals surface area contributed by atoms with Gasteiger partial charge in [0, 0.05) is 44.5 Å². The summed E-state index contributed by atoms with van der Waals surface area (Å²) in [6.07, 6.45) is 7.70. The first kappa shape index (κ1) is 10.5. The second-order valence-electron chi connectivity index (χ2n) is 4.28. The molecule has 0 saturated carbocycles. The van der Waals surface area contributed by atoms with E-state index in [0.29, 0.717) is 0 Å². The zero-order chi connectivity index (χ0) is 11.5. The fraction of sp³-hybridized carbons (Fsp3) is 0.545. The van der Waals surface area contributed by atoms with Crippen LogP contribution >= 0.6 is 0 Å². The molecular weight excluding hydrogens is 216 g/mol. The number of nitrogens with one attached hydrogen (secondary N) is 1. The summed E-state index contributed by atoms with van der Waals surface area (Å²) < 4.78 is 4.14. The van der Waals surface area contributed by atoms with Gasteiger partial charge in [-0.15, -0.1) is 5.10 Å². The molecule has 1 N–H and O–H groups in total. The topological polar surface area (TPSA) is 60.6 Å². The van der Waals surface area contributed by atoms with Gasteiger partial charge in [-0.3, -0.25) is 4.68 Å². The number of fused-ring (bicyclic) bond motifs is 1. The largest absolute Gasteiger partial charge is 0.334 e. The van der Waals surface area contributed by atoms with Crippen LogP contribution in [0.5, 0.6) is 0 Å². The van der Waals surface area contributed by atoms with E-state index in [9.17, 15) is 0 Å². The maximum Gasteiger partial charge on any atom is 0.0952 e. The van der Waals surface area contributed by atoms with Gasteiger partial charge in [-0.2, -0.15) is 0 Å². The number of hydrogen-bond acceptors (Lipinski definition) is 4. The summed E-state index contributed by atoms with van der Waals surface area (Å²) in [5.41, 5.74) is 2.60. The van der Waals surface area contributed by atoms with Crippen LogP contribution in [0, 0.1) is 0 Å². The Hall–Kier alpha value is -1.69. The van der Waals surface area contributed by atoms with Crippen molar-refractivity contribution in [3.63, 3.8) is 0 Å². The average Bonchev–Trinajstić information content (AvgIpc) is 2.99. The van der Waals surface area contributed by atoms with E-state index in [1.165, 1.54) is 11.4 Å². The highest BCUT2D eigenvalue weighted by Crippen LogP contribution is 2.12. The summed E-state index contributed by atoms with van der Waals surface area (Å²) in [4.78, 5) is 4.44. The standard InChI is InChI=1S/C11H16N6/c1(6-17-7-4-14-15-17)5-16-9-13-10-8-12-3-2-11(10)16/h4,7,9,12H,1-3,5-6,8H2. The normalized spacial score (nSPS) is 14.8. The molecule has 2 aromatic rings. The van der Waals surface area contributed by atoms with Gasteiger partial charge in [-0.25, -0.2) is 4.98 Å². The van der Waals surface area contributed by atoms with Crippen LogP contribution in [0.15, 0.2) is 18.7 Å². The maximum atomic E-state index is 4.44. The first-order chi connectivity index (χ1) is 8.43.